The molecule has 0 spiro atoms. The molecule has 0 aromatic rings. The number of halogens is 2. The fraction of sp³-hybridized carbons (Fsp3) is 0.111. The molecule has 0 N–H and O–H groups in total. The Balaban J connectivity index is 2.41. The molecule has 0 radical (unpaired) electrons. The van der Waals surface area contributed by atoms with Crippen LogP contribution in [0.4, 0.5) is 0 Å². The van der Waals surface area contributed by atoms with Crippen LogP contribution in [0.2, 0.25) is 0 Å². The van der Waals surface area contributed by atoms with Crippen LogP contribution in [0.3, 0.4) is 0 Å². The zero-order valence-corrected chi connectivity index (χ0v) is 10.1. The third kappa shape index (κ3) is 1.47. The van der Waals surface area contributed by atoms with Gasteiger partial charge in [0, 0.05) is 3.58 Å². The van der Waals surface area contributed by atoms with Crippen molar-refractivity contribution in [3.05, 3.63) is 42.6 Å². The van der Waals surface area contributed by atoms with Gasteiger partial charge in [0.2, 0.25) is 0 Å². The van der Waals surface area contributed by atoms with Gasteiger partial charge in [-0.2, -0.15) is 0 Å². The number of allylic oxidation sites excluding steroid dienone is 8. The highest BCUT2D eigenvalue weighted by molar-refractivity contribution is 14.1. The molecular weight excluding hydrogens is 362 g/mol. The van der Waals surface area contributed by atoms with Crippen LogP contribution in [0.1, 0.15) is 6.42 Å². The molecule has 0 fully saturated rings. The monoisotopic (exact) mass is 368 g/mol. The third-order valence-corrected chi connectivity index (χ3v) is 3.48. The molecule has 11 heavy (non-hydrogen) atoms. The SMILES string of the molecule is IC1=CC2=CC=C(I)C2=CC1. The van der Waals surface area contributed by atoms with Gasteiger partial charge in [0.15, 0.2) is 0 Å². The molecule has 0 bridgehead atoms. The number of rotatable bonds is 0. The van der Waals surface area contributed by atoms with Gasteiger partial charge >= 0.3 is 0 Å². The molecule has 0 saturated carbocycles. The van der Waals surface area contributed by atoms with Gasteiger partial charge in [-0.15, -0.1) is 0 Å². The quantitative estimate of drug-likeness (QED) is 0.570. The topological polar surface area (TPSA) is 0 Å². The van der Waals surface area contributed by atoms with Crippen LogP contribution in [0, 0.1) is 0 Å². The summed E-state index contributed by atoms with van der Waals surface area (Å²) in [6.07, 6.45) is 10.0. The fourth-order valence-electron chi connectivity index (χ4n) is 1.25. The van der Waals surface area contributed by atoms with Crippen LogP contribution in [0.5, 0.6) is 0 Å². The average molecular weight is 368 g/mol. The zero-order chi connectivity index (χ0) is 7.84. The summed E-state index contributed by atoms with van der Waals surface area (Å²) in [4.78, 5) is 0. The van der Waals surface area contributed by atoms with Crippen LogP contribution in [0.25, 0.3) is 0 Å². The maximum atomic E-state index is 2.39. The van der Waals surface area contributed by atoms with E-state index in [4.69, 9.17) is 0 Å². The van der Waals surface area contributed by atoms with Gasteiger partial charge in [0.1, 0.15) is 0 Å². The molecule has 0 saturated heterocycles. The van der Waals surface area contributed by atoms with Crippen LogP contribution in [-0.2, 0) is 0 Å². The van der Waals surface area contributed by atoms with Gasteiger partial charge < -0.3 is 0 Å². The lowest BCUT2D eigenvalue weighted by Crippen LogP contribution is -1.88. The van der Waals surface area contributed by atoms with E-state index in [1.807, 2.05) is 0 Å². The molecule has 0 unspecified atom stereocenters. The molecule has 2 aliphatic rings. The number of hydrogen-bond donors (Lipinski definition) is 0. The lowest BCUT2D eigenvalue weighted by Gasteiger charge is -2.08. The Morgan fingerprint density at radius 2 is 2.00 bits per heavy atom. The van der Waals surface area contributed by atoms with E-state index in [0.29, 0.717) is 0 Å². The van der Waals surface area contributed by atoms with Crippen molar-refractivity contribution in [1.82, 2.24) is 0 Å². The molecule has 0 heterocycles. The van der Waals surface area contributed by atoms with Crippen LogP contribution in [-0.4, -0.2) is 0 Å². The summed E-state index contributed by atoms with van der Waals surface area (Å²) in [5, 5.41) is 0. The first kappa shape index (κ1) is 8.04. The summed E-state index contributed by atoms with van der Waals surface area (Å²) in [7, 11) is 0. The first-order valence-corrected chi connectivity index (χ1v) is 5.57. The van der Waals surface area contributed by atoms with Crippen molar-refractivity contribution >= 4 is 45.2 Å². The van der Waals surface area contributed by atoms with Crippen LogP contribution >= 0.6 is 45.2 Å². The molecule has 0 nitrogen and oxygen atoms in total. The van der Waals surface area contributed by atoms with Gasteiger partial charge in [-0.25, -0.2) is 0 Å². The van der Waals surface area contributed by atoms with Crippen molar-refractivity contribution in [2.45, 2.75) is 6.42 Å². The van der Waals surface area contributed by atoms with Crippen molar-refractivity contribution in [2.24, 2.45) is 0 Å². The number of hydrogen-bond acceptors (Lipinski definition) is 0. The zero-order valence-electron chi connectivity index (χ0n) is 5.77. The minimum absolute atomic E-state index is 1.10. The first-order chi connectivity index (χ1) is 5.27. The summed E-state index contributed by atoms with van der Waals surface area (Å²) >= 11 is 4.77. The van der Waals surface area contributed by atoms with E-state index in [1.165, 1.54) is 18.3 Å². The minimum atomic E-state index is 1.10. The molecule has 2 aliphatic carbocycles. The summed E-state index contributed by atoms with van der Waals surface area (Å²) in [5.74, 6) is 0. The van der Waals surface area contributed by atoms with Crippen molar-refractivity contribution in [2.75, 3.05) is 0 Å². The summed E-state index contributed by atoms with van der Waals surface area (Å²) in [6.45, 7) is 0. The van der Waals surface area contributed by atoms with Crippen molar-refractivity contribution in [3.63, 3.8) is 0 Å². The lowest BCUT2D eigenvalue weighted by atomic mass is 10.0. The second kappa shape index (κ2) is 3.05. The Morgan fingerprint density at radius 3 is 2.82 bits per heavy atom. The second-order valence-electron chi connectivity index (χ2n) is 2.55. The highest BCUT2D eigenvalue weighted by Gasteiger charge is 2.14. The second-order valence-corrected chi connectivity index (χ2v) is 5.10. The highest BCUT2D eigenvalue weighted by Crippen LogP contribution is 2.37. The lowest BCUT2D eigenvalue weighted by molar-refractivity contribution is 1.30. The average Bonchev–Trinajstić information content (AvgIpc) is 2.32. The fourth-order valence-corrected chi connectivity index (χ4v) is 2.52. The van der Waals surface area contributed by atoms with Gasteiger partial charge in [-0.1, -0.05) is 12.2 Å². The smallest absolute Gasteiger partial charge is 0.0205 e. The molecule has 0 aliphatic heterocycles. The van der Waals surface area contributed by atoms with E-state index in [9.17, 15) is 0 Å². The predicted molar refractivity (Wildman–Crippen MR) is 65.0 cm³/mol. The Labute approximate surface area is 93.4 Å². The minimum Gasteiger partial charge on any atom is -0.0707 e. The molecule has 0 aromatic heterocycles. The Kier molecular flexibility index (Phi) is 2.23. The maximum absolute atomic E-state index is 2.39. The van der Waals surface area contributed by atoms with Crippen LogP contribution in [0.15, 0.2) is 42.6 Å². The molecule has 0 amide bonds. The number of fused-ring (bicyclic) bond motifs is 1. The van der Waals surface area contributed by atoms with Crippen molar-refractivity contribution in [1.29, 1.82) is 0 Å². The van der Waals surface area contributed by atoms with Crippen LogP contribution < -0.4 is 0 Å². The largest absolute Gasteiger partial charge is 0.0707 e. The van der Waals surface area contributed by atoms with Gasteiger partial charge in [0.25, 0.3) is 0 Å². The Hall–Kier alpha value is 0.420. The molecule has 56 valence electrons. The summed E-state index contributed by atoms with van der Waals surface area (Å²) in [6, 6.07) is 0. The Bertz CT molecular complexity index is 316. The van der Waals surface area contributed by atoms with E-state index < -0.39 is 0 Å². The van der Waals surface area contributed by atoms with E-state index >= 15 is 0 Å². The summed E-state index contributed by atoms with van der Waals surface area (Å²) < 4.78 is 2.80. The molecular formula is C9H6I2. The third-order valence-electron chi connectivity index (χ3n) is 1.79. The standard InChI is InChI=1S/C9H6I2/c10-7-2-3-8-6(5-7)1-4-9(8)11/h1,3-5H,2H2. The van der Waals surface area contributed by atoms with Crippen molar-refractivity contribution < 1.29 is 0 Å². The van der Waals surface area contributed by atoms with E-state index in [1.54, 1.807) is 0 Å². The van der Waals surface area contributed by atoms with E-state index in [2.05, 4.69) is 69.5 Å². The highest BCUT2D eigenvalue weighted by atomic mass is 127. The molecule has 2 heteroatoms. The maximum Gasteiger partial charge on any atom is 0.0205 e. The summed E-state index contributed by atoms with van der Waals surface area (Å²) in [5.41, 5.74) is 2.80. The van der Waals surface area contributed by atoms with Gasteiger partial charge in [0.05, 0.1) is 0 Å². The normalized spacial score (nSPS) is 21.6. The van der Waals surface area contributed by atoms with E-state index in [-0.39, 0.29) is 0 Å². The first-order valence-electron chi connectivity index (χ1n) is 3.42. The van der Waals surface area contributed by atoms with E-state index in [0.717, 1.165) is 6.42 Å². The molecule has 0 atom stereocenters. The predicted octanol–water partition coefficient (Wildman–Crippen LogP) is 3.89. The Morgan fingerprint density at radius 1 is 1.18 bits per heavy atom. The van der Waals surface area contributed by atoms with Gasteiger partial charge in [-0.05, 0) is 78.5 Å². The molecule has 0 aromatic carbocycles. The van der Waals surface area contributed by atoms with Crippen molar-refractivity contribution in [3.8, 4) is 0 Å². The molecule has 2 rings (SSSR count). The van der Waals surface area contributed by atoms with Gasteiger partial charge in [-0.3, -0.25) is 0 Å².